The zero-order chi connectivity index (χ0) is 17.4. The van der Waals surface area contributed by atoms with Gasteiger partial charge in [-0.2, -0.15) is 0 Å². The molecule has 0 atom stereocenters. The third-order valence-corrected chi connectivity index (χ3v) is 3.71. The van der Waals surface area contributed by atoms with E-state index in [1.54, 1.807) is 4.68 Å². The summed E-state index contributed by atoms with van der Waals surface area (Å²) < 4.78 is 12.3. The van der Waals surface area contributed by atoms with Crippen LogP contribution in [0, 0.1) is 24.0 Å². The molecule has 1 N–H and O–H groups in total. The van der Waals surface area contributed by atoms with E-state index in [0.29, 0.717) is 5.39 Å². The molecular formula is C16H15N3O5. The van der Waals surface area contributed by atoms with E-state index in [1.165, 1.54) is 25.3 Å². The predicted molar refractivity (Wildman–Crippen MR) is 87.0 cm³/mol. The molecule has 0 fully saturated rings. The van der Waals surface area contributed by atoms with Gasteiger partial charge >= 0.3 is 5.91 Å². The average molecular weight is 329 g/mol. The van der Waals surface area contributed by atoms with Gasteiger partial charge in [-0.1, -0.05) is 0 Å². The van der Waals surface area contributed by atoms with E-state index in [1.807, 2.05) is 26.0 Å². The van der Waals surface area contributed by atoms with Crippen LogP contribution in [0.1, 0.15) is 21.9 Å². The molecule has 3 aromatic rings. The Morgan fingerprint density at radius 2 is 1.92 bits per heavy atom. The maximum absolute atomic E-state index is 12.4. The molecule has 24 heavy (non-hydrogen) atoms. The summed E-state index contributed by atoms with van der Waals surface area (Å²) in [6.07, 6.45) is 0. The maximum Gasteiger partial charge on any atom is 0.305 e. The molecule has 2 aromatic heterocycles. The fraction of sp³-hybridized carbons (Fsp3) is 0.188. The zero-order valence-electron chi connectivity index (χ0n) is 13.3. The third kappa shape index (κ3) is 2.58. The highest BCUT2D eigenvalue weighted by molar-refractivity contribution is 6.02. The minimum absolute atomic E-state index is 0.0382. The van der Waals surface area contributed by atoms with Crippen LogP contribution >= 0.6 is 0 Å². The van der Waals surface area contributed by atoms with Crippen LogP contribution in [0.4, 0.5) is 5.69 Å². The van der Waals surface area contributed by atoms with Gasteiger partial charge in [0.05, 0.1) is 18.1 Å². The largest absolute Gasteiger partial charge is 0.493 e. The molecule has 0 unspecified atom stereocenters. The number of nitro benzene ring substituents is 1. The van der Waals surface area contributed by atoms with Gasteiger partial charge in [0, 0.05) is 22.8 Å². The van der Waals surface area contributed by atoms with Gasteiger partial charge in [-0.3, -0.25) is 25.0 Å². The molecule has 2 heterocycles. The predicted octanol–water partition coefficient (Wildman–Crippen LogP) is 3.15. The number of non-ortho nitro benzene ring substituents is 1. The number of nitrogens with one attached hydrogen (secondary N) is 1. The summed E-state index contributed by atoms with van der Waals surface area (Å²) in [5, 5.41) is 11.4. The van der Waals surface area contributed by atoms with Crippen molar-refractivity contribution < 1.29 is 18.9 Å². The van der Waals surface area contributed by atoms with Crippen molar-refractivity contribution in [2.75, 3.05) is 12.5 Å². The fourth-order valence-corrected chi connectivity index (χ4v) is 2.48. The Morgan fingerprint density at radius 1 is 1.25 bits per heavy atom. The number of hydrogen-bond donors (Lipinski definition) is 1. The van der Waals surface area contributed by atoms with Crippen LogP contribution in [0.5, 0.6) is 5.75 Å². The van der Waals surface area contributed by atoms with Crippen molar-refractivity contribution in [3.8, 4) is 5.75 Å². The first-order valence-corrected chi connectivity index (χ1v) is 7.13. The monoisotopic (exact) mass is 329 g/mol. The minimum Gasteiger partial charge on any atom is -0.493 e. The Morgan fingerprint density at radius 3 is 2.50 bits per heavy atom. The van der Waals surface area contributed by atoms with Crippen LogP contribution in [0.3, 0.4) is 0 Å². The SMILES string of the molecule is COc1cc([N+](=O)[O-])cc2cc(C(=O)Nn3c(C)ccc3C)oc12. The van der Waals surface area contributed by atoms with Crippen LogP contribution < -0.4 is 10.2 Å². The Labute approximate surface area is 136 Å². The second-order valence-electron chi connectivity index (χ2n) is 5.33. The summed E-state index contributed by atoms with van der Waals surface area (Å²) in [6.45, 7) is 3.72. The van der Waals surface area contributed by atoms with Crippen LogP contribution in [-0.2, 0) is 0 Å². The summed E-state index contributed by atoms with van der Waals surface area (Å²) >= 11 is 0. The summed E-state index contributed by atoms with van der Waals surface area (Å²) in [5.41, 5.74) is 4.60. The molecule has 0 saturated carbocycles. The highest BCUT2D eigenvalue weighted by atomic mass is 16.6. The lowest BCUT2D eigenvalue weighted by atomic mass is 10.2. The molecule has 3 rings (SSSR count). The molecule has 1 aromatic carbocycles. The quantitative estimate of drug-likeness (QED) is 0.585. The van der Waals surface area contributed by atoms with E-state index >= 15 is 0 Å². The topological polar surface area (TPSA) is 99.5 Å². The number of furan rings is 1. The molecule has 0 aliphatic rings. The number of nitro groups is 1. The van der Waals surface area contributed by atoms with Crippen molar-refractivity contribution in [1.82, 2.24) is 4.68 Å². The second kappa shape index (κ2) is 5.73. The lowest BCUT2D eigenvalue weighted by molar-refractivity contribution is -0.384. The molecule has 0 radical (unpaired) electrons. The van der Waals surface area contributed by atoms with Crippen molar-refractivity contribution in [2.45, 2.75) is 13.8 Å². The van der Waals surface area contributed by atoms with Gasteiger partial charge in [-0.15, -0.1) is 0 Å². The average Bonchev–Trinajstić information content (AvgIpc) is 3.12. The number of amides is 1. The van der Waals surface area contributed by atoms with Crippen molar-refractivity contribution >= 4 is 22.6 Å². The molecule has 8 nitrogen and oxygen atoms in total. The number of fused-ring (bicyclic) bond motifs is 1. The van der Waals surface area contributed by atoms with Gasteiger partial charge in [-0.05, 0) is 32.0 Å². The first-order chi connectivity index (χ1) is 11.4. The first-order valence-electron chi connectivity index (χ1n) is 7.13. The van der Waals surface area contributed by atoms with Crippen molar-refractivity contribution in [1.29, 1.82) is 0 Å². The highest BCUT2D eigenvalue weighted by Gasteiger charge is 2.20. The number of hydrogen-bond acceptors (Lipinski definition) is 5. The summed E-state index contributed by atoms with van der Waals surface area (Å²) in [7, 11) is 1.38. The van der Waals surface area contributed by atoms with Crippen LogP contribution in [0.2, 0.25) is 0 Å². The molecular weight excluding hydrogens is 314 g/mol. The number of benzene rings is 1. The van der Waals surface area contributed by atoms with Gasteiger partial charge < -0.3 is 9.15 Å². The number of carbonyl (C=O) groups is 1. The van der Waals surface area contributed by atoms with E-state index in [2.05, 4.69) is 5.43 Å². The molecule has 0 aliphatic heterocycles. The summed E-state index contributed by atoms with van der Waals surface area (Å²) in [6, 6.07) is 7.80. The highest BCUT2D eigenvalue weighted by Crippen LogP contribution is 2.33. The number of aromatic nitrogens is 1. The van der Waals surface area contributed by atoms with Gasteiger partial charge in [0.25, 0.3) is 5.69 Å². The van der Waals surface area contributed by atoms with E-state index in [4.69, 9.17) is 9.15 Å². The van der Waals surface area contributed by atoms with Crippen LogP contribution in [0.15, 0.2) is 34.7 Å². The van der Waals surface area contributed by atoms with Gasteiger partial charge in [0.15, 0.2) is 17.1 Å². The van der Waals surface area contributed by atoms with Crippen molar-refractivity contribution in [3.05, 3.63) is 57.6 Å². The number of rotatable bonds is 4. The summed E-state index contributed by atoms with van der Waals surface area (Å²) in [5.74, 6) is -0.221. The van der Waals surface area contributed by atoms with E-state index in [-0.39, 0.29) is 22.8 Å². The van der Waals surface area contributed by atoms with Crippen molar-refractivity contribution in [2.24, 2.45) is 0 Å². The number of aryl methyl sites for hydroxylation is 2. The van der Waals surface area contributed by atoms with E-state index < -0.39 is 10.8 Å². The minimum atomic E-state index is -0.527. The molecule has 124 valence electrons. The molecule has 1 amide bonds. The van der Waals surface area contributed by atoms with Gasteiger partial charge in [0.1, 0.15) is 0 Å². The Bertz CT molecular complexity index is 935. The van der Waals surface area contributed by atoms with Gasteiger partial charge in [-0.25, -0.2) is 0 Å². The smallest absolute Gasteiger partial charge is 0.305 e. The molecule has 0 aliphatic carbocycles. The number of carbonyl (C=O) groups excluding carboxylic acids is 1. The number of ether oxygens (including phenoxy) is 1. The first kappa shape index (κ1) is 15.6. The molecule has 0 spiro atoms. The van der Waals surface area contributed by atoms with Crippen molar-refractivity contribution in [3.63, 3.8) is 0 Å². The van der Waals surface area contributed by atoms with E-state index in [9.17, 15) is 14.9 Å². The molecule has 0 bridgehead atoms. The van der Waals surface area contributed by atoms with Crippen LogP contribution in [0.25, 0.3) is 11.0 Å². The maximum atomic E-state index is 12.4. The standard InChI is InChI=1S/C16H15N3O5/c1-9-4-5-10(2)18(9)17-16(20)14-7-11-6-12(19(21)22)8-13(23-3)15(11)24-14/h4-8H,1-3H3,(H,17,20). The van der Waals surface area contributed by atoms with Crippen LogP contribution in [-0.4, -0.2) is 22.6 Å². The second-order valence-corrected chi connectivity index (χ2v) is 5.33. The molecule has 8 heteroatoms. The third-order valence-electron chi connectivity index (χ3n) is 3.71. The van der Waals surface area contributed by atoms with Gasteiger partial charge in [0.2, 0.25) is 0 Å². The number of methoxy groups -OCH3 is 1. The Kier molecular flexibility index (Phi) is 3.72. The lowest BCUT2D eigenvalue weighted by Gasteiger charge is -2.09. The Balaban J connectivity index is 2.01. The lowest BCUT2D eigenvalue weighted by Crippen LogP contribution is -2.24. The number of nitrogens with zero attached hydrogens (tertiary/aromatic N) is 2. The summed E-state index contributed by atoms with van der Waals surface area (Å²) in [4.78, 5) is 22.9. The Hall–Kier alpha value is -3.29. The van der Waals surface area contributed by atoms with E-state index in [0.717, 1.165) is 11.4 Å². The zero-order valence-corrected chi connectivity index (χ0v) is 13.3. The fourth-order valence-electron chi connectivity index (χ4n) is 2.48. The normalized spacial score (nSPS) is 10.8. The molecule has 0 saturated heterocycles.